The van der Waals surface area contributed by atoms with Crippen LogP contribution in [0, 0.1) is 11.8 Å². The molecule has 1 atom stereocenters. The van der Waals surface area contributed by atoms with Crippen LogP contribution in [0.25, 0.3) is 0 Å². The van der Waals surface area contributed by atoms with Gasteiger partial charge in [0, 0.05) is 5.92 Å². The van der Waals surface area contributed by atoms with Gasteiger partial charge in [-0.2, -0.15) is 0 Å². The van der Waals surface area contributed by atoms with Gasteiger partial charge in [-0.1, -0.05) is 45.8 Å². The summed E-state index contributed by atoms with van der Waals surface area (Å²) in [6, 6.07) is 0. The summed E-state index contributed by atoms with van der Waals surface area (Å²) in [5.41, 5.74) is 0. The Kier molecular flexibility index (Phi) is 4.97. The van der Waals surface area contributed by atoms with Crippen LogP contribution in [0.15, 0.2) is 0 Å². The van der Waals surface area contributed by atoms with Crippen molar-refractivity contribution < 1.29 is 0 Å². The van der Waals surface area contributed by atoms with Gasteiger partial charge >= 0.3 is 0 Å². The molecule has 0 aromatic heterocycles. The topological polar surface area (TPSA) is 0 Å². The fraction of sp³-hybridized carbons (Fsp3) is 0.750. The second-order valence-electron chi connectivity index (χ2n) is 2.55. The smallest absolute Gasteiger partial charge is 0.00826 e. The highest BCUT2D eigenvalue weighted by atomic mass is 32.1. The van der Waals surface area contributed by atoms with Crippen LogP contribution >= 0.6 is 12.2 Å². The lowest BCUT2D eigenvalue weighted by Crippen LogP contribution is -2.04. The zero-order chi connectivity index (χ0) is 7.28. The fourth-order valence-electron chi connectivity index (χ4n) is 0.777. The molecule has 0 rings (SSSR count). The molecule has 0 saturated carbocycles. The van der Waals surface area contributed by atoms with Crippen LogP contribution in [0.1, 0.15) is 33.6 Å². The first-order chi connectivity index (χ1) is 4.22. The highest BCUT2D eigenvalue weighted by Gasteiger charge is 2.07. The maximum Gasteiger partial charge on any atom is 0.00826 e. The third-order valence-electron chi connectivity index (χ3n) is 1.68. The van der Waals surface area contributed by atoms with Gasteiger partial charge in [0.25, 0.3) is 0 Å². The van der Waals surface area contributed by atoms with E-state index in [1.165, 1.54) is 18.8 Å². The first-order valence-corrected chi connectivity index (χ1v) is 3.98. The Morgan fingerprint density at radius 1 is 1.67 bits per heavy atom. The van der Waals surface area contributed by atoms with Crippen LogP contribution in [0.3, 0.4) is 0 Å². The standard InChI is InChI=1S/C8H15S/c1-4-5-7(2)8(3)6-9/h6-7H,4-5H2,1-3H3. The number of rotatable bonds is 4. The van der Waals surface area contributed by atoms with Gasteiger partial charge in [-0.05, 0) is 11.3 Å². The van der Waals surface area contributed by atoms with E-state index in [0.29, 0.717) is 5.92 Å². The van der Waals surface area contributed by atoms with Gasteiger partial charge in [0.2, 0.25) is 0 Å². The minimum Gasteiger partial charge on any atom is -0.0928 e. The summed E-state index contributed by atoms with van der Waals surface area (Å²) in [6.45, 7) is 6.53. The fourth-order valence-corrected chi connectivity index (χ4v) is 1.01. The van der Waals surface area contributed by atoms with Crippen molar-refractivity contribution in [2.24, 2.45) is 5.92 Å². The normalized spacial score (nSPS) is 13.8. The molecule has 0 bridgehead atoms. The van der Waals surface area contributed by atoms with Crippen LogP contribution < -0.4 is 0 Å². The summed E-state index contributed by atoms with van der Waals surface area (Å²) in [4.78, 5) is 0. The molecule has 0 heterocycles. The van der Waals surface area contributed by atoms with Gasteiger partial charge in [0.15, 0.2) is 0 Å². The molecule has 53 valence electrons. The third kappa shape index (κ3) is 3.63. The molecule has 0 amide bonds. The molecule has 0 aromatic carbocycles. The predicted octanol–water partition coefficient (Wildman–Crippen LogP) is 3.02. The van der Waals surface area contributed by atoms with Crippen LogP contribution in [0.5, 0.6) is 0 Å². The lowest BCUT2D eigenvalue weighted by molar-refractivity contribution is 0.575. The van der Waals surface area contributed by atoms with E-state index in [9.17, 15) is 0 Å². The Bertz CT molecular complexity index is 78.6. The lowest BCUT2D eigenvalue weighted by atomic mass is 9.94. The maximum absolute atomic E-state index is 4.80. The van der Waals surface area contributed by atoms with Gasteiger partial charge in [-0.25, -0.2) is 0 Å². The number of hydrogen-bond donors (Lipinski definition) is 0. The van der Waals surface area contributed by atoms with Gasteiger partial charge < -0.3 is 0 Å². The van der Waals surface area contributed by atoms with Crippen molar-refractivity contribution in [2.45, 2.75) is 33.6 Å². The molecule has 1 heteroatoms. The van der Waals surface area contributed by atoms with E-state index in [0.717, 1.165) is 0 Å². The zero-order valence-corrected chi connectivity index (χ0v) is 7.29. The Hall–Kier alpha value is 0.0900. The summed E-state index contributed by atoms with van der Waals surface area (Å²) in [7, 11) is 0. The molecule has 0 aliphatic carbocycles. The molecule has 9 heavy (non-hydrogen) atoms. The molecule has 0 saturated heterocycles. The Morgan fingerprint density at radius 3 is 2.56 bits per heavy atom. The largest absolute Gasteiger partial charge is 0.0928 e. The summed E-state index contributed by atoms with van der Waals surface area (Å²) in [6.07, 6.45) is 2.51. The molecule has 0 nitrogen and oxygen atoms in total. The molecule has 0 aliphatic heterocycles. The molecule has 0 aliphatic rings. The lowest BCUT2D eigenvalue weighted by Gasteiger charge is -2.12. The van der Waals surface area contributed by atoms with Crippen molar-refractivity contribution in [1.82, 2.24) is 0 Å². The molecule has 0 aromatic rings. The third-order valence-corrected chi connectivity index (χ3v) is 2.06. The first-order valence-electron chi connectivity index (χ1n) is 3.51. The SMILES string of the molecule is CCCC(C)[C](C)C=S. The van der Waals surface area contributed by atoms with Crippen molar-refractivity contribution in [1.29, 1.82) is 0 Å². The Morgan fingerprint density at radius 2 is 2.22 bits per heavy atom. The van der Waals surface area contributed by atoms with Gasteiger partial charge in [0.05, 0.1) is 0 Å². The van der Waals surface area contributed by atoms with E-state index in [1.54, 1.807) is 5.37 Å². The molecule has 1 unspecified atom stereocenters. The van der Waals surface area contributed by atoms with Crippen molar-refractivity contribution in [3.63, 3.8) is 0 Å². The van der Waals surface area contributed by atoms with E-state index < -0.39 is 0 Å². The molecule has 0 spiro atoms. The minimum atomic E-state index is 0.687. The van der Waals surface area contributed by atoms with Crippen molar-refractivity contribution in [3.8, 4) is 0 Å². The second-order valence-corrected chi connectivity index (χ2v) is 2.79. The van der Waals surface area contributed by atoms with E-state index >= 15 is 0 Å². The summed E-state index contributed by atoms with van der Waals surface area (Å²) < 4.78 is 0. The monoisotopic (exact) mass is 143 g/mol. The van der Waals surface area contributed by atoms with E-state index in [1.807, 2.05) is 0 Å². The van der Waals surface area contributed by atoms with Crippen LogP contribution in [0.4, 0.5) is 0 Å². The highest BCUT2D eigenvalue weighted by Crippen LogP contribution is 2.16. The highest BCUT2D eigenvalue weighted by molar-refractivity contribution is 7.79. The summed E-state index contributed by atoms with van der Waals surface area (Å²) in [5.74, 6) is 2.03. The van der Waals surface area contributed by atoms with Crippen molar-refractivity contribution in [3.05, 3.63) is 5.92 Å². The van der Waals surface area contributed by atoms with E-state index in [2.05, 4.69) is 20.8 Å². The molecular weight excluding hydrogens is 128 g/mol. The average molecular weight is 143 g/mol. The van der Waals surface area contributed by atoms with E-state index in [-0.39, 0.29) is 0 Å². The predicted molar refractivity (Wildman–Crippen MR) is 46.6 cm³/mol. The van der Waals surface area contributed by atoms with Crippen molar-refractivity contribution >= 4 is 17.6 Å². The van der Waals surface area contributed by atoms with Gasteiger partial charge in [-0.3, -0.25) is 0 Å². The maximum atomic E-state index is 4.80. The first kappa shape index (κ1) is 9.09. The molecule has 0 fully saturated rings. The minimum absolute atomic E-state index is 0.687. The van der Waals surface area contributed by atoms with Crippen LogP contribution in [-0.2, 0) is 0 Å². The molecule has 1 radical (unpaired) electrons. The van der Waals surface area contributed by atoms with Crippen LogP contribution in [0.2, 0.25) is 0 Å². The summed E-state index contributed by atoms with van der Waals surface area (Å²) >= 11 is 4.80. The van der Waals surface area contributed by atoms with Gasteiger partial charge in [-0.15, -0.1) is 0 Å². The van der Waals surface area contributed by atoms with Crippen LogP contribution in [-0.4, -0.2) is 5.37 Å². The zero-order valence-electron chi connectivity index (χ0n) is 6.48. The molecular formula is C8H15S. The average Bonchev–Trinajstić information content (AvgIpc) is 1.87. The number of hydrogen-bond acceptors (Lipinski definition) is 1. The van der Waals surface area contributed by atoms with Crippen molar-refractivity contribution in [2.75, 3.05) is 0 Å². The number of thiocarbonyl (C=S) groups is 1. The quantitative estimate of drug-likeness (QED) is 0.545. The Labute approximate surface area is 63.7 Å². The molecule has 0 N–H and O–H groups in total. The summed E-state index contributed by atoms with van der Waals surface area (Å²) in [5, 5.41) is 1.79. The second kappa shape index (κ2) is 4.92. The van der Waals surface area contributed by atoms with Gasteiger partial charge in [0.1, 0.15) is 0 Å². The Balaban J connectivity index is 3.44. The van der Waals surface area contributed by atoms with E-state index in [4.69, 9.17) is 12.2 Å².